The van der Waals surface area contributed by atoms with E-state index in [9.17, 15) is 22.7 Å². The number of sulfone groups is 1. The first-order valence-electron chi connectivity index (χ1n) is 12.4. The van der Waals surface area contributed by atoms with Gasteiger partial charge in [0.15, 0.2) is 15.5 Å². The van der Waals surface area contributed by atoms with E-state index in [0.717, 1.165) is 11.1 Å². The predicted octanol–water partition coefficient (Wildman–Crippen LogP) is 5.18. The Hall–Kier alpha value is -3.50. The average molecular weight is 598 g/mol. The van der Waals surface area contributed by atoms with Crippen LogP contribution in [0.15, 0.2) is 66.7 Å². The van der Waals surface area contributed by atoms with E-state index >= 15 is 0 Å². The van der Waals surface area contributed by atoms with Gasteiger partial charge in [-0.3, -0.25) is 4.79 Å². The Labute approximate surface area is 239 Å². The minimum absolute atomic E-state index is 0.0918. The second-order valence-electron chi connectivity index (χ2n) is 9.86. The van der Waals surface area contributed by atoms with Crippen molar-refractivity contribution in [1.82, 2.24) is 15.1 Å². The maximum Gasteiger partial charge on any atom is 0.272 e. The van der Waals surface area contributed by atoms with E-state index in [2.05, 4.69) is 10.4 Å². The molecule has 2 N–H and O–H groups in total. The topological polar surface area (TPSA) is 101 Å². The highest BCUT2D eigenvalue weighted by atomic mass is 35.5. The number of aliphatic hydroxyl groups is 1. The molecule has 2 heterocycles. The first kappa shape index (κ1) is 26.7. The molecule has 0 fully saturated rings. The van der Waals surface area contributed by atoms with Gasteiger partial charge in [-0.2, -0.15) is 5.10 Å². The average Bonchev–Trinajstić information content (AvgIpc) is 3.42. The molecule has 0 radical (unpaired) electrons. The van der Waals surface area contributed by atoms with Crippen molar-refractivity contribution in [2.24, 2.45) is 0 Å². The minimum Gasteiger partial charge on any atom is -0.390 e. The number of aromatic nitrogens is 2. The molecule has 0 saturated heterocycles. The molecule has 4 aromatic rings. The van der Waals surface area contributed by atoms with Gasteiger partial charge in [-0.25, -0.2) is 17.5 Å². The molecule has 11 heteroatoms. The highest BCUT2D eigenvalue weighted by Gasteiger charge is 2.38. The molecular formula is C29H22Cl2FN3O4S. The summed E-state index contributed by atoms with van der Waals surface area (Å²) in [6, 6.07) is 17.1. The lowest BCUT2D eigenvalue weighted by atomic mass is 10.0. The molecule has 1 aliphatic heterocycles. The SMILES string of the molecule is O=C(N[C@H]1c2ccccc2C[C@H]1O)c1nn(-c2ccc(Cl)cc2Cl)c2c1CS(=O)(=O)C/C2=C\c1ccc(F)cc1. The van der Waals surface area contributed by atoms with Crippen molar-refractivity contribution in [1.29, 1.82) is 0 Å². The third kappa shape index (κ3) is 4.94. The zero-order chi connectivity index (χ0) is 28.2. The van der Waals surface area contributed by atoms with E-state index in [1.807, 2.05) is 24.3 Å². The molecule has 2 atom stereocenters. The van der Waals surface area contributed by atoms with E-state index in [4.69, 9.17) is 23.2 Å². The molecule has 1 aliphatic carbocycles. The minimum atomic E-state index is -3.68. The van der Waals surface area contributed by atoms with Crippen LogP contribution >= 0.6 is 23.2 Å². The highest BCUT2D eigenvalue weighted by molar-refractivity contribution is 7.91. The van der Waals surface area contributed by atoms with Crippen LogP contribution in [-0.2, 0) is 22.0 Å². The van der Waals surface area contributed by atoms with Crippen LogP contribution < -0.4 is 5.32 Å². The Morgan fingerprint density at radius 3 is 2.58 bits per heavy atom. The van der Waals surface area contributed by atoms with Crippen molar-refractivity contribution in [3.05, 3.63) is 116 Å². The zero-order valence-corrected chi connectivity index (χ0v) is 23.1. The van der Waals surface area contributed by atoms with Crippen LogP contribution in [0.1, 0.15) is 44.5 Å². The number of halogens is 3. The zero-order valence-electron chi connectivity index (χ0n) is 20.8. The largest absolute Gasteiger partial charge is 0.390 e. The molecule has 0 unspecified atom stereocenters. The molecule has 204 valence electrons. The van der Waals surface area contributed by atoms with Crippen molar-refractivity contribution < 1.29 is 22.7 Å². The molecule has 7 nitrogen and oxygen atoms in total. The summed E-state index contributed by atoms with van der Waals surface area (Å²) in [7, 11) is -3.68. The fourth-order valence-electron chi connectivity index (χ4n) is 5.33. The summed E-state index contributed by atoms with van der Waals surface area (Å²) >= 11 is 12.6. The number of benzene rings is 3. The molecule has 3 aromatic carbocycles. The van der Waals surface area contributed by atoms with E-state index in [1.165, 1.54) is 35.0 Å². The van der Waals surface area contributed by atoms with Crippen LogP contribution in [0.5, 0.6) is 0 Å². The molecule has 0 bridgehead atoms. The normalized spacial score (nSPS) is 20.2. The number of carbonyl (C=O) groups excluding carboxylic acids is 1. The smallest absolute Gasteiger partial charge is 0.272 e. The molecule has 0 spiro atoms. The van der Waals surface area contributed by atoms with Gasteiger partial charge in [0, 0.05) is 17.0 Å². The molecular weight excluding hydrogens is 576 g/mol. The summed E-state index contributed by atoms with van der Waals surface area (Å²) in [5, 5.41) is 18.8. The van der Waals surface area contributed by atoms with Gasteiger partial charge in [-0.15, -0.1) is 0 Å². The molecule has 1 amide bonds. The van der Waals surface area contributed by atoms with E-state index < -0.39 is 39.5 Å². The third-order valence-corrected chi connectivity index (χ3v) is 9.10. The summed E-state index contributed by atoms with van der Waals surface area (Å²) < 4.78 is 41.2. The standard InChI is InChI=1S/C29H22Cl2FN3O4S/c30-19-7-10-24(23(31)13-19)35-28-18(11-16-5-8-20(32)9-6-16)14-40(38,39)15-22(28)27(34-35)29(37)33-26-21-4-2-1-3-17(21)12-25(26)36/h1-11,13,25-26,36H,12,14-15H2,(H,33,37)/b18-11+/t25-,26+/m1/s1. The number of carbonyl (C=O) groups is 1. The maximum absolute atomic E-state index is 13.7. The Kier molecular flexibility index (Phi) is 6.78. The number of hydrogen-bond donors (Lipinski definition) is 2. The lowest BCUT2D eigenvalue weighted by Crippen LogP contribution is -2.35. The van der Waals surface area contributed by atoms with Gasteiger partial charge in [0.1, 0.15) is 5.82 Å². The Morgan fingerprint density at radius 1 is 1.07 bits per heavy atom. The van der Waals surface area contributed by atoms with Crippen LogP contribution in [0.25, 0.3) is 17.3 Å². The molecule has 0 saturated carbocycles. The van der Waals surface area contributed by atoms with Gasteiger partial charge in [-0.1, -0.05) is 59.6 Å². The predicted molar refractivity (Wildman–Crippen MR) is 152 cm³/mol. The number of fused-ring (bicyclic) bond motifs is 2. The van der Waals surface area contributed by atoms with Crippen molar-refractivity contribution in [3.63, 3.8) is 0 Å². The first-order chi connectivity index (χ1) is 19.1. The van der Waals surface area contributed by atoms with Crippen LogP contribution in [0.2, 0.25) is 10.0 Å². The quantitative estimate of drug-likeness (QED) is 0.338. The van der Waals surface area contributed by atoms with Crippen molar-refractivity contribution >= 4 is 50.6 Å². The van der Waals surface area contributed by atoms with Gasteiger partial charge < -0.3 is 10.4 Å². The summed E-state index contributed by atoms with van der Waals surface area (Å²) in [4.78, 5) is 13.7. The second-order valence-corrected chi connectivity index (χ2v) is 12.8. The Morgan fingerprint density at radius 2 is 1.82 bits per heavy atom. The summed E-state index contributed by atoms with van der Waals surface area (Å²) in [6.45, 7) is 0. The lowest BCUT2D eigenvalue weighted by Gasteiger charge is -2.20. The summed E-state index contributed by atoms with van der Waals surface area (Å²) in [5.41, 5.74) is 3.59. The van der Waals surface area contributed by atoms with Gasteiger partial charge in [0.05, 0.1) is 40.1 Å². The highest BCUT2D eigenvalue weighted by Crippen LogP contribution is 2.38. The number of amides is 1. The number of rotatable bonds is 4. The number of aliphatic hydroxyl groups excluding tert-OH is 1. The fraction of sp³-hybridized carbons (Fsp3) is 0.172. The lowest BCUT2D eigenvalue weighted by molar-refractivity contribution is 0.0852. The van der Waals surface area contributed by atoms with Crippen molar-refractivity contribution in [2.45, 2.75) is 24.3 Å². The first-order valence-corrected chi connectivity index (χ1v) is 15.0. The molecule has 1 aromatic heterocycles. The molecule has 40 heavy (non-hydrogen) atoms. The van der Waals surface area contributed by atoms with E-state index in [1.54, 1.807) is 18.2 Å². The summed E-state index contributed by atoms with van der Waals surface area (Å²) in [6.07, 6.45) is 1.17. The van der Waals surface area contributed by atoms with Gasteiger partial charge in [0.25, 0.3) is 5.91 Å². The maximum atomic E-state index is 13.7. The van der Waals surface area contributed by atoms with Gasteiger partial charge in [-0.05, 0) is 58.7 Å². The second kappa shape index (κ2) is 10.2. The van der Waals surface area contributed by atoms with Crippen molar-refractivity contribution in [2.75, 3.05) is 5.75 Å². The van der Waals surface area contributed by atoms with E-state index in [0.29, 0.717) is 34.0 Å². The van der Waals surface area contributed by atoms with Gasteiger partial charge in [0.2, 0.25) is 0 Å². The van der Waals surface area contributed by atoms with Crippen LogP contribution in [0, 0.1) is 5.82 Å². The third-order valence-electron chi connectivity index (χ3n) is 7.08. The fourth-order valence-corrected chi connectivity index (χ4v) is 7.33. The van der Waals surface area contributed by atoms with Crippen LogP contribution in [0.3, 0.4) is 0 Å². The number of nitrogens with one attached hydrogen (secondary N) is 1. The summed E-state index contributed by atoms with van der Waals surface area (Å²) in [5.74, 6) is -1.78. The monoisotopic (exact) mass is 597 g/mol. The van der Waals surface area contributed by atoms with E-state index in [-0.39, 0.29) is 22.0 Å². The number of nitrogens with zero attached hydrogens (tertiary/aromatic N) is 2. The Balaban J connectivity index is 1.51. The van der Waals surface area contributed by atoms with Crippen LogP contribution in [-0.4, -0.2) is 41.1 Å². The molecule has 6 rings (SSSR count). The van der Waals surface area contributed by atoms with Crippen LogP contribution in [0.4, 0.5) is 4.39 Å². The van der Waals surface area contributed by atoms with Crippen molar-refractivity contribution in [3.8, 4) is 5.69 Å². The number of hydrogen-bond acceptors (Lipinski definition) is 5. The Bertz CT molecular complexity index is 1800. The van der Waals surface area contributed by atoms with Gasteiger partial charge >= 0.3 is 0 Å². The molecule has 2 aliphatic rings.